The Morgan fingerprint density at radius 1 is 1.30 bits per heavy atom. The summed E-state index contributed by atoms with van der Waals surface area (Å²) < 4.78 is 2.16. The molecule has 0 fully saturated rings. The lowest BCUT2D eigenvalue weighted by Gasteiger charge is -2.16. The van der Waals surface area contributed by atoms with Gasteiger partial charge in [0.25, 0.3) is 0 Å². The normalized spacial score (nSPS) is 13.2. The standard InChI is InChI=1S/C15H24N4S/c1-11(2)9-20-10-12(18-16)8-15-17-13-6-4-5-7-14(13)19(15)3/h4-7,11-12,18H,8-10,16H2,1-3H3. The van der Waals surface area contributed by atoms with Crippen LogP contribution in [0.15, 0.2) is 24.3 Å². The third-order valence-corrected chi connectivity index (χ3v) is 4.86. The molecule has 1 aromatic heterocycles. The highest BCUT2D eigenvalue weighted by atomic mass is 32.2. The monoisotopic (exact) mass is 292 g/mol. The van der Waals surface area contributed by atoms with E-state index in [1.807, 2.05) is 23.9 Å². The van der Waals surface area contributed by atoms with E-state index in [4.69, 9.17) is 10.8 Å². The van der Waals surface area contributed by atoms with Crippen molar-refractivity contribution in [2.45, 2.75) is 26.3 Å². The summed E-state index contributed by atoms with van der Waals surface area (Å²) in [5.41, 5.74) is 5.15. The van der Waals surface area contributed by atoms with Crippen molar-refractivity contribution in [3.63, 3.8) is 0 Å². The molecule has 1 atom stereocenters. The van der Waals surface area contributed by atoms with E-state index in [9.17, 15) is 0 Å². The molecule has 5 heteroatoms. The highest BCUT2D eigenvalue weighted by Gasteiger charge is 2.13. The van der Waals surface area contributed by atoms with Crippen LogP contribution in [0, 0.1) is 5.92 Å². The average molecular weight is 292 g/mol. The van der Waals surface area contributed by atoms with Gasteiger partial charge in [-0.05, 0) is 23.8 Å². The van der Waals surface area contributed by atoms with Gasteiger partial charge in [-0.15, -0.1) is 0 Å². The summed E-state index contributed by atoms with van der Waals surface area (Å²) >= 11 is 1.95. The Kier molecular flexibility index (Phi) is 5.46. The van der Waals surface area contributed by atoms with Crippen molar-refractivity contribution in [2.75, 3.05) is 11.5 Å². The number of imidazole rings is 1. The molecule has 0 saturated heterocycles. The number of hydrogen-bond donors (Lipinski definition) is 2. The van der Waals surface area contributed by atoms with Gasteiger partial charge in [0.05, 0.1) is 11.0 Å². The van der Waals surface area contributed by atoms with Crippen molar-refractivity contribution in [1.82, 2.24) is 15.0 Å². The SMILES string of the molecule is CC(C)CSCC(Cc1nc2ccccc2n1C)NN. The third-order valence-electron chi connectivity index (χ3n) is 3.31. The number of benzene rings is 1. The quantitative estimate of drug-likeness (QED) is 0.607. The van der Waals surface area contributed by atoms with E-state index in [2.05, 4.69) is 43.0 Å². The minimum Gasteiger partial charge on any atom is -0.331 e. The van der Waals surface area contributed by atoms with Crippen molar-refractivity contribution in [2.24, 2.45) is 18.8 Å². The molecule has 0 aliphatic heterocycles. The molecule has 20 heavy (non-hydrogen) atoms. The summed E-state index contributed by atoms with van der Waals surface area (Å²) in [6.45, 7) is 4.48. The summed E-state index contributed by atoms with van der Waals surface area (Å²) in [5, 5.41) is 0. The first-order valence-electron chi connectivity index (χ1n) is 7.06. The Bertz CT molecular complexity index is 550. The van der Waals surface area contributed by atoms with Crippen LogP contribution in [0.5, 0.6) is 0 Å². The highest BCUT2D eigenvalue weighted by Crippen LogP contribution is 2.17. The van der Waals surface area contributed by atoms with Crippen molar-refractivity contribution >= 4 is 22.8 Å². The number of para-hydroxylation sites is 2. The van der Waals surface area contributed by atoms with Gasteiger partial charge in [-0.1, -0.05) is 26.0 Å². The Labute approximate surface area is 125 Å². The van der Waals surface area contributed by atoms with E-state index in [0.717, 1.165) is 23.5 Å². The molecule has 110 valence electrons. The number of hydrazine groups is 1. The van der Waals surface area contributed by atoms with Crippen LogP contribution in [0.4, 0.5) is 0 Å². The van der Waals surface area contributed by atoms with Crippen molar-refractivity contribution in [1.29, 1.82) is 0 Å². The Morgan fingerprint density at radius 2 is 2.05 bits per heavy atom. The van der Waals surface area contributed by atoms with Gasteiger partial charge < -0.3 is 4.57 Å². The van der Waals surface area contributed by atoms with Crippen LogP contribution in [0.25, 0.3) is 11.0 Å². The maximum Gasteiger partial charge on any atom is 0.111 e. The van der Waals surface area contributed by atoms with Gasteiger partial charge in [0.1, 0.15) is 5.82 Å². The van der Waals surface area contributed by atoms with Gasteiger partial charge in [-0.25, -0.2) is 4.98 Å². The largest absolute Gasteiger partial charge is 0.331 e. The Morgan fingerprint density at radius 3 is 2.70 bits per heavy atom. The van der Waals surface area contributed by atoms with Gasteiger partial charge in [0.2, 0.25) is 0 Å². The first kappa shape index (κ1) is 15.4. The maximum atomic E-state index is 5.68. The van der Waals surface area contributed by atoms with Crippen molar-refractivity contribution in [3.8, 4) is 0 Å². The van der Waals surface area contributed by atoms with Crippen LogP contribution in [-0.2, 0) is 13.5 Å². The van der Waals surface area contributed by atoms with Gasteiger partial charge in [0.15, 0.2) is 0 Å². The van der Waals surface area contributed by atoms with Gasteiger partial charge in [0, 0.05) is 25.3 Å². The van der Waals surface area contributed by atoms with Crippen LogP contribution in [0.1, 0.15) is 19.7 Å². The molecular weight excluding hydrogens is 268 g/mol. The average Bonchev–Trinajstić information content (AvgIpc) is 2.74. The van der Waals surface area contributed by atoms with E-state index in [1.54, 1.807) is 0 Å². The zero-order chi connectivity index (χ0) is 14.5. The molecule has 0 aliphatic carbocycles. The Hall–Kier alpha value is -1.04. The summed E-state index contributed by atoms with van der Waals surface area (Å²) in [6, 6.07) is 8.48. The second-order valence-electron chi connectivity index (χ2n) is 5.57. The Balaban J connectivity index is 2.03. The smallest absolute Gasteiger partial charge is 0.111 e. The lowest BCUT2D eigenvalue weighted by Crippen LogP contribution is -2.39. The number of aryl methyl sites for hydroxylation is 1. The molecule has 2 aromatic rings. The van der Waals surface area contributed by atoms with Gasteiger partial charge >= 0.3 is 0 Å². The van der Waals surface area contributed by atoms with Gasteiger partial charge in [-0.3, -0.25) is 11.3 Å². The summed E-state index contributed by atoms with van der Waals surface area (Å²) in [4.78, 5) is 4.70. The topological polar surface area (TPSA) is 55.9 Å². The van der Waals surface area contributed by atoms with Crippen LogP contribution in [-0.4, -0.2) is 27.1 Å². The van der Waals surface area contributed by atoms with E-state index in [1.165, 1.54) is 11.3 Å². The molecule has 4 nitrogen and oxygen atoms in total. The minimum atomic E-state index is 0.259. The second kappa shape index (κ2) is 7.11. The molecule has 2 rings (SSSR count). The van der Waals surface area contributed by atoms with Crippen LogP contribution in [0.2, 0.25) is 0 Å². The number of rotatable bonds is 7. The van der Waals surface area contributed by atoms with E-state index in [0.29, 0.717) is 5.92 Å². The summed E-state index contributed by atoms with van der Waals surface area (Å²) in [6.07, 6.45) is 0.854. The molecule has 3 N–H and O–H groups in total. The van der Waals surface area contributed by atoms with Crippen LogP contribution in [0.3, 0.4) is 0 Å². The van der Waals surface area contributed by atoms with E-state index < -0.39 is 0 Å². The third kappa shape index (κ3) is 3.75. The van der Waals surface area contributed by atoms with Crippen molar-refractivity contribution in [3.05, 3.63) is 30.1 Å². The number of nitrogens with two attached hydrogens (primary N) is 1. The summed E-state index contributed by atoms with van der Waals surface area (Å²) in [5.74, 6) is 9.66. The molecule has 0 aliphatic rings. The number of nitrogens with zero attached hydrogens (tertiary/aromatic N) is 2. The first-order chi connectivity index (χ1) is 9.61. The molecule has 0 amide bonds. The summed E-state index contributed by atoms with van der Waals surface area (Å²) in [7, 11) is 2.07. The molecule has 0 bridgehead atoms. The fraction of sp³-hybridized carbons (Fsp3) is 0.533. The van der Waals surface area contributed by atoms with E-state index in [-0.39, 0.29) is 6.04 Å². The molecular formula is C15H24N4S. The fourth-order valence-electron chi connectivity index (χ4n) is 2.21. The molecule has 0 spiro atoms. The lowest BCUT2D eigenvalue weighted by atomic mass is 10.2. The molecule has 1 aromatic carbocycles. The van der Waals surface area contributed by atoms with Gasteiger partial charge in [-0.2, -0.15) is 11.8 Å². The zero-order valence-electron chi connectivity index (χ0n) is 12.5. The fourth-order valence-corrected chi connectivity index (χ4v) is 3.32. The molecule has 1 heterocycles. The lowest BCUT2D eigenvalue weighted by molar-refractivity contribution is 0.553. The second-order valence-corrected chi connectivity index (χ2v) is 6.65. The van der Waals surface area contributed by atoms with Crippen molar-refractivity contribution < 1.29 is 0 Å². The van der Waals surface area contributed by atoms with Crippen LogP contribution >= 0.6 is 11.8 Å². The predicted molar refractivity (Wildman–Crippen MR) is 87.7 cm³/mol. The minimum absolute atomic E-state index is 0.259. The first-order valence-corrected chi connectivity index (χ1v) is 8.21. The van der Waals surface area contributed by atoms with E-state index >= 15 is 0 Å². The zero-order valence-corrected chi connectivity index (χ0v) is 13.3. The molecule has 0 radical (unpaired) electrons. The number of nitrogens with one attached hydrogen (secondary N) is 1. The number of thioether (sulfide) groups is 1. The van der Waals surface area contributed by atoms with Crippen LogP contribution < -0.4 is 11.3 Å². The number of hydrogen-bond acceptors (Lipinski definition) is 4. The molecule has 1 unspecified atom stereocenters. The molecule has 0 saturated carbocycles. The number of aromatic nitrogens is 2. The highest BCUT2D eigenvalue weighted by molar-refractivity contribution is 7.99. The predicted octanol–water partition coefficient (Wildman–Crippen LogP) is 2.34. The maximum absolute atomic E-state index is 5.68. The number of fused-ring (bicyclic) bond motifs is 1.